The number of piperazine rings is 1. The number of hydrogen-bond acceptors (Lipinski definition) is 3. The van der Waals surface area contributed by atoms with Crippen LogP contribution in [0.2, 0.25) is 0 Å². The summed E-state index contributed by atoms with van der Waals surface area (Å²) in [5.74, 6) is 0.274. The number of halogens is 4. The Morgan fingerprint density at radius 2 is 1.86 bits per heavy atom. The van der Waals surface area contributed by atoms with Crippen molar-refractivity contribution < 1.29 is 17.6 Å². The summed E-state index contributed by atoms with van der Waals surface area (Å²) < 4.78 is 54.6. The Balaban J connectivity index is 1.70. The summed E-state index contributed by atoms with van der Waals surface area (Å²) in [7, 11) is 1.45. The van der Waals surface area contributed by atoms with E-state index < -0.39 is 11.9 Å². The lowest BCUT2D eigenvalue weighted by molar-refractivity contribution is -0.142. The third-order valence-corrected chi connectivity index (χ3v) is 4.68. The first kappa shape index (κ1) is 20.9. The van der Waals surface area contributed by atoms with Gasteiger partial charge in [0.2, 0.25) is 0 Å². The fraction of sp³-hybridized carbons (Fsp3) is 0.474. The van der Waals surface area contributed by atoms with Gasteiger partial charge in [0.1, 0.15) is 5.82 Å². The average molecular weight is 412 g/mol. The molecule has 2 heterocycles. The molecule has 1 aliphatic rings. The van der Waals surface area contributed by atoms with E-state index in [0.717, 1.165) is 4.68 Å². The van der Waals surface area contributed by atoms with Crippen LogP contribution in [-0.4, -0.2) is 53.4 Å². The number of nitrogens with one attached hydrogen (secondary N) is 1. The van der Waals surface area contributed by atoms with Gasteiger partial charge < -0.3 is 15.1 Å². The molecule has 1 aromatic heterocycles. The van der Waals surface area contributed by atoms with Gasteiger partial charge in [-0.05, 0) is 19.1 Å². The van der Waals surface area contributed by atoms with Gasteiger partial charge in [-0.3, -0.25) is 4.68 Å². The molecule has 0 unspecified atom stereocenters. The van der Waals surface area contributed by atoms with Gasteiger partial charge in [0.05, 0.1) is 12.2 Å². The molecule has 0 spiro atoms. The van der Waals surface area contributed by atoms with Gasteiger partial charge in [0, 0.05) is 51.5 Å². The zero-order valence-corrected chi connectivity index (χ0v) is 16.4. The number of guanidine groups is 1. The van der Waals surface area contributed by atoms with E-state index in [0.29, 0.717) is 44.4 Å². The number of hydrogen-bond donors (Lipinski definition) is 1. The molecular formula is C19H24F4N6. The second-order valence-corrected chi connectivity index (χ2v) is 6.77. The normalized spacial score (nSPS) is 15.7. The fourth-order valence-electron chi connectivity index (χ4n) is 3.35. The van der Waals surface area contributed by atoms with Crippen LogP contribution in [0, 0.1) is 5.82 Å². The number of rotatable bonds is 4. The van der Waals surface area contributed by atoms with E-state index >= 15 is 0 Å². The Morgan fingerprint density at radius 3 is 2.48 bits per heavy atom. The SMILES string of the molecule is CCNC(=NCc1cn(C)nc1C(F)(F)F)N1CCN(c2ccccc2F)CC1. The number of anilines is 1. The quantitative estimate of drug-likeness (QED) is 0.477. The van der Waals surface area contributed by atoms with Crippen molar-refractivity contribution in [2.45, 2.75) is 19.6 Å². The van der Waals surface area contributed by atoms with Crippen LogP contribution in [-0.2, 0) is 19.8 Å². The van der Waals surface area contributed by atoms with Gasteiger partial charge in [-0.15, -0.1) is 0 Å². The van der Waals surface area contributed by atoms with E-state index in [4.69, 9.17) is 0 Å². The topological polar surface area (TPSA) is 48.7 Å². The van der Waals surface area contributed by atoms with E-state index in [-0.39, 0.29) is 17.9 Å². The van der Waals surface area contributed by atoms with Crippen LogP contribution in [0.15, 0.2) is 35.5 Å². The molecule has 1 aromatic carbocycles. The van der Waals surface area contributed by atoms with Gasteiger partial charge in [-0.1, -0.05) is 12.1 Å². The van der Waals surface area contributed by atoms with Crippen LogP contribution in [0.3, 0.4) is 0 Å². The molecule has 10 heteroatoms. The van der Waals surface area contributed by atoms with Crippen LogP contribution < -0.4 is 10.2 Å². The van der Waals surface area contributed by atoms with Gasteiger partial charge in [0.15, 0.2) is 11.7 Å². The highest BCUT2D eigenvalue weighted by atomic mass is 19.4. The minimum Gasteiger partial charge on any atom is -0.366 e. The lowest BCUT2D eigenvalue weighted by Gasteiger charge is -2.37. The summed E-state index contributed by atoms with van der Waals surface area (Å²) >= 11 is 0. The van der Waals surface area contributed by atoms with Crippen molar-refractivity contribution in [3.63, 3.8) is 0 Å². The van der Waals surface area contributed by atoms with Gasteiger partial charge in [-0.2, -0.15) is 18.3 Å². The largest absolute Gasteiger partial charge is 0.435 e. The first-order chi connectivity index (χ1) is 13.8. The summed E-state index contributed by atoms with van der Waals surface area (Å²) in [5, 5.41) is 6.64. The highest BCUT2D eigenvalue weighted by Gasteiger charge is 2.36. The standard InChI is InChI=1S/C19H24F4N6/c1-3-24-18(25-12-14-13-27(2)26-17(14)19(21,22)23)29-10-8-28(9-11-29)16-7-5-4-6-15(16)20/h4-7,13H,3,8-12H2,1-2H3,(H,24,25). The Labute approximate surface area is 166 Å². The van der Waals surface area contributed by atoms with E-state index in [2.05, 4.69) is 15.4 Å². The highest BCUT2D eigenvalue weighted by molar-refractivity contribution is 5.80. The van der Waals surface area contributed by atoms with E-state index in [1.165, 1.54) is 19.3 Å². The first-order valence-corrected chi connectivity index (χ1v) is 9.42. The van der Waals surface area contributed by atoms with Crippen molar-refractivity contribution in [3.05, 3.63) is 47.5 Å². The molecule has 158 valence electrons. The molecule has 1 aliphatic heterocycles. The Hall–Kier alpha value is -2.78. The summed E-state index contributed by atoms with van der Waals surface area (Å²) in [5.41, 5.74) is -0.330. The second-order valence-electron chi connectivity index (χ2n) is 6.77. The lowest BCUT2D eigenvalue weighted by Crippen LogP contribution is -2.52. The zero-order chi connectivity index (χ0) is 21.0. The minimum atomic E-state index is -4.52. The van der Waals surface area contributed by atoms with Crippen molar-refractivity contribution in [2.24, 2.45) is 12.0 Å². The smallest absolute Gasteiger partial charge is 0.366 e. The molecule has 2 aromatic rings. The molecule has 29 heavy (non-hydrogen) atoms. The predicted molar refractivity (Wildman–Crippen MR) is 103 cm³/mol. The second kappa shape index (κ2) is 8.71. The van der Waals surface area contributed by atoms with Crippen molar-refractivity contribution in [3.8, 4) is 0 Å². The average Bonchev–Trinajstić information content (AvgIpc) is 3.07. The minimum absolute atomic E-state index is 0.0281. The summed E-state index contributed by atoms with van der Waals surface area (Å²) in [6.45, 7) is 4.71. The molecule has 0 bridgehead atoms. The van der Waals surface area contributed by atoms with Crippen LogP contribution in [0.4, 0.5) is 23.2 Å². The molecule has 1 fully saturated rings. The molecule has 6 nitrogen and oxygen atoms in total. The highest BCUT2D eigenvalue weighted by Crippen LogP contribution is 2.31. The number of aryl methyl sites for hydroxylation is 1. The molecule has 0 atom stereocenters. The number of benzene rings is 1. The number of aliphatic imine (C=N–C) groups is 1. The molecule has 0 amide bonds. The maximum atomic E-state index is 14.0. The Kier molecular flexibility index (Phi) is 6.29. The lowest BCUT2D eigenvalue weighted by atomic mass is 10.2. The van der Waals surface area contributed by atoms with Crippen LogP contribution >= 0.6 is 0 Å². The maximum Gasteiger partial charge on any atom is 0.435 e. The van der Waals surface area contributed by atoms with E-state index in [9.17, 15) is 17.6 Å². The molecule has 0 saturated carbocycles. The van der Waals surface area contributed by atoms with Gasteiger partial charge in [-0.25, -0.2) is 9.38 Å². The predicted octanol–water partition coefficient (Wildman–Crippen LogP) is 2.87. The number of aromatic nitrogens is 2. The third-order valence-electron chi connectivity index (χ3n) is 4.68. The van der Waals surface area contributed by atoms with Crippen molar-refractivity contribution in [1.29, 1.82) is 0 Å². The van der Waals surface area contributed by atoms with Crippen LogP contribution in [0.25, 0.3) is 0 Å². The molecule has 1 N–H and O–H groups in total. The monoisotopic (exact) mass is 412 g/mol. The number of para-hydroxylation sites is 1. The molecule has 3 rings (SSSR count). The fourth-order valence-corrected chi connectivity index (χ4v) is 3.35. The van der Waals surface area contributed by atoms with E-state index in [1.54, 1.807) is 18.2 Å². The van der Waals surface area contributed by atoms with Crippen molar-refractivity contribution in [1.82, 2.24) is 20.0 Å². The Morgan fingerprint density at radius 1 is 1.17 bits per heavy atom. The summed E-state index contributed by atoms with van der Waals surface area (Å²) in [6.07, 6.45) is -3.18. The molecule has 0 aliphatic carbocycles. The Bertz CT molecular complexity index is 853. The number of alkyl halides is 3. The van der Waals surface area contributed by atoms with Crippen LogP contribution in [0.1, 0.15) is 18.2 Å². The summed E-state index contributed by atoms with van der Waals surface area (Å²) in [4.78, 5) is 8.33. The van der Waals surface area contributed by atoms with Gasteiger partial charge >= 0.3 is 6.18 Å². The van der Waals surface area contributed by atoms with E-state index in [1.807, 2.05) is 16.7 Å². The molecular weight excluding hydrogens is 388 g/mol. The number of nitrogens with zero attached hydrogens (tertiary/aromatic N) is 5. The third kappa shape index (κ3) is 4.99. The maximum absolute atomic E-state index is 14.0. The van der Waals surface area contributed by atoms with Gasteiger partial charge in [0.25, 0.3) is 0 Å². The van der Waals surface area contributed by atoms with Crippen molar-refractivity contribution in [2.75, 3.05) is 37.6 Å². The molecule has 0 radical (unpaired) electrons. The first-order valence-electron chi connectivity index (χ1n) is 9.42. The van der Waals surface area contributed by atoms with Crippen molar-refractivity contribution >= 4 is 11.6 Å². The van der Waals surface area contributed by atoms with Crippen LogP contribution in [0.5, 0.6) is 0 Å². The molecule has 1 saturated heterocycles. The summed E-state index contributed by atoms with van der Waals surface area (Å²) in [6, 6.07) is 6.62. The zero-order valence-electron chi connectivity index (χ0n) is 16.4.